The first kappa shape index (κ1) is 11.9. The van der Waals surface area contributed by atoms with Crippen LogP contribution in [0.3, 0.4) is 0 Å². The molecule has 0 aliphatic rings. The minimum atomic E-state index is 0.674. The van der Waals surface area contributed by atoms with E-state index in [9.17, 15) is 0 Å². The maximum atomic E-state index is 5.95. The van der Waals surface area contributed by atoms with Crippen molar-refractivity contribution in [3.8, 4) is 0 Å². The molecule has 2 rings (SSSR count). The molecular weight excluding hydrogens is 264 g/mol. The lowest BCUT2D eigenvalue weighted by atomic mass is 10.3. The van der Waals surface area contributed by atoms with Gasteiger partial charge in [0, 0.05) is 29.5 Å². The van der Waals surface area contributed by atoms with Crippen molar-refractivity contribution < 1.29 is 0 Å². The van der Waals surface area contributed by atoms with E-state index in [1.165, 1.54) is 16.4 Å². The summed E-state index contributed by atoms with van der Waals surface area (Å²) >= 11 is 8.86. The van der Waals surface area contributed by atoms with Gasteiger partial charge in [-0.3, -0.25) is 4.90 Å². The molecule has 0 aromatic carbocycles. The van der Waals surface area contributed by atoms with Crippen molar-refractivity contribution in [3.05, 3.63) is 26.1 Å². The second kappa shape index (κ2) is 5.18. The molecule has 4 nitrogen and oxygen atoms in total. The highest BCUT2D eigenvalue weighted by Gasteiger charge is 2.10. The van der Waals surface area contributed by atoms with Gasteiger partial charge < -0.3 is 0 Å². The zero-order valence-corrected chi connectivity index (χ0v) is 11.4. The fraction of sp³-hybridized carbons (Fsp3) is 0.444. The molecule has 0 saturated carbocycles. The van der Waals surface area contributed by atoms with Crippen LogP contribution in [0.2, 0.25) is 4.34 Å². The Morgan fingerprint density at radius 2 is 2.25 bits per heavy atom. The average molecular weight is 275 g/mol. The van der Waals surface area contributed by atoms with Gasteiger partial charge in [-0.1, -0.05) is 16.1 Å². The topological polar surface area (TPSA) is 41.9 Å². The Morgan fingerprint density at radius 3 is 2.81 bits per heavy atom. The molecular formula is C9H11ClN4S2. The molecule has 0 radical (unpaired) electrons. The monoisotopic (exact) mass is 274 g/mol. The van der Waals surface area contributed by atoms with Gasteiger partial charge in [0.1, 0.15) is 10.0 Å². The van der Waals surface area contributed by atoms with E-state index in [1.54, 1.807) is 11.3 Å². The molecule has 2 aromatic heterocycles. The van der Waals surface area contributed by atoms with Crippen LogP contribution in [0.5, 0.6) is 0 Å². The Balaban J connectivity index is 1.97. The van der Waals surface area contributed by atoms with Crippen LogP contribution >= 0.6 is 34.5 Å². The van der Waals surface area contributed by atoms with Gasteiger partial charge >= 0.3 is 0 Å². The van der Waals surface area contributed by atoms with Crippen molar-refractivity contribution in [2.45, 2.75) is 20.0 Å². The molecule has 0 aliphatic heterocycles. The van der Waals surface area contributed by atoms with E-state index in [0.29, 0.717) is 10.9 Å². The summed E-state index contributed by atoms with van der Waals surface area (Å²) < 4.78 is 4.49. The summed E-state index contributed by atoms with van der Waals surface area (Å²) in [6.07, 6.45) is 0. The number of halogens is 1. The summed E-state index contributed by atoms with van der Waals surface area (Å²) in [5.74, 6) is 0. The number of hydrogen-bond acceptors (Lipinski definition) is 6. The van der Waals surface area contributed by atoms with Gasteiger partial charge in [-0.2, -0.15) is 0 Å². The second-order valence-corrected chi connectivity index (χ2v) is 5.82. The summed E-state index contributed by atoms with van der Waals surface area (Å²) in [4.78, 5) is 7.66. The minimum absolute atomic E-state index is 0.674. The number of rotatable bonds is 4. The van der Waals surface area contributed by atoms with E-state index in [0.717, 1.165) is 17.9 Å². The maximum absolute atomic E-state index is 5.95. The maximum Gasteiger partial charge on any atom is 0.138 e. The van der Waals surface area contributed by atoms with E-state index < -0.39 is 0 Å². The number of aromatic nitrogens is 3. The number of thiazole rings is 1. The molecule has 16 heavy (non-hydrogen) atoms. The van der Waals surface area contributed by atoms with Crippen LogP contribution in [0.25, 0.3) is 0 Å². The third kappa shape index (κ3) is 2.76. The van der Waals surface area contributed by atoms with Crippen LogP contribution in [0.1, 0.15) is 16.3 Å². The van der Waals surface area contributed by atoms with Crippen LogP contribution < -0.4 is 0 Å². The third-order valence-electron chi connectivity index (χ3n) is 2.19. The van der Waals surface area contributed by atoms with Crippen molar-refractivity contribution in [2.75, 3.05) is 7.05 Å². The zero-order chi connectivity index (χ0) is 11.5. The summed E-state index contributed by atoms with van der Waals surface area (Å²) in [5, 5.41) is 3.99. The summed E-state index contributed by atoms with van der Waals surface area (Å²) in [6, 6.07) is 0. The molecule has 0 unspecified atom stereocenters. The number of aryl methyl sites for hydroxylation is 1. The fourth-order valence-electron chi connectivity index (χ4n) is 1.33. The van der Waals surface area contributed by atoms with Gasteiger partial charge in [0.25, 0.3) is 0 Å². The first-order valence-corrected chi connectivity index (χ1v) is 6.74. The van der Waals surface area contributed by atoms with Crippen LogP contribution in [-0.4, -0.2) is 26.5 Å². The van der Waals surface area contributed by atoms with Crippen molar-refractivity contribution in [3.63, 3.8) is 0 Å². The highest BCUT2D eigenvalue weighted by atomic mass is 35.5. The standard InChI is InChI=1S/C9H11ClN4S2/c1-6-8(15-5-11-6)4-14(2)3-7-9(10)16-13-12-7/h5H,3-4H2,1-2H3. The van der Waals surface area contributed by atoms with Crippen LogP contribution in [0.4, 0.5) is 0 Å². The Hall–Kier alpha value is -0.560. The molecule has 7 heteroatoms. The Morgan fingerprint density at radius 1 is 1.44 bits per heavy atom. The fourth-order valence-corrected chi connectivity index (χ4v) is 2.79. The van der Waals surface area contributed by atoms with Crippen molar-refractivity contribution in [2.24, 2.45) is 0 Å². The Labute approximate surface area is 107 Å². The molecule has 0 atom stereocenters. The quantitative estimate of drug-likeness (QED) is 0.859. The van der Waals surface area contributed by atoms with Gasteiger partial charge in [-0.25, -0.2) is 4.98 Å². The molecule has 0 N–H and O–H groups in total. The number of hydrogen-bond donors (Lipinski definition) is 0. The van der Waals surface area contributed by atoms with E-state index in [1.807, 2.05) is 19.5 Å². The molecule has 0 aliphatic carbocycles. The normalized spacial score (nSPS) is 11.2. The van der Waals surface area contributed by atoms with Crippen molar-refractivity contribution >= 4 is 34.5 Å². The molecule has 0 saturated heterocycles. The summed E-state index contributed by atoms with van der Waals surface area (Å²) in [7, 11) is 2.04. The predicted molar refractivity (Wildman–Crippen MR) is 66.9 cm³/mol. The largest absolute Gasteiger partial charge is 0.295 e. The molecule has 2 heterocycles. The first-order chi connectivity index (χ1) is 7.66. The predicted octanol–water partition coefficient (Wildman–Crippen LogP) is 2.59. The second-order valence-electron chi connectivity index (χ2n) is 3.53. The lowest BCUT2D eigenvalue weighted by Gasteiger charge is -2.14. The smallest absolute Gasteiger partial charge is 0.138 e. The van der Waals surface area contributed by atoms with Gasteiger partial charge in [-0.15, -0.1) is 16.4 Å². The summed E-state index contributed by atoms with van der Waals surface area (Å²) in [6.45, 7) is 3.61. The molecule has 86 valence electrons. The highest BCUT2D eigenvalue weighted by Crippen LogP contribution is 2.20. The lowest BCUT2D eigenvalue weighted by molar-refractivity contribution is 0.317. The highest BCUT2D eigenvalue weighted by molar-refractivity contribution is 7.10. The zero-order valence-electron chi connectivity index (χ0n) is 8.97. The molecule has 0 bridgehead atoms. The minimum Gasteiger partial charge on any atom is -0.295 e. The van der Waals surface area contributed by atoms with E-state index in [-0.39, 0.29) is 0 Å². The first-order valence-electron chi connectivity index (χ1n) is 4.71. The van der Waals surface area contributed by atoms with E-state index >= 15 is 0 Å². The van der Waals surface area contributed by atoms with Gasteiger partial charge in [-0.05, 0) is 14.0 Å². The van der Waals surface area contributed by atoms with Crippen LogP contribution in [0, 0.1) is 6.92 Å². The number of nitrogens with zero attached hydrogens (tertiary/aromatic N) is 4. The van der Waals surface area contributed by atoms with Crippen LogP contribution in [-0.2, 0) is 13.1 Å². The van der Waals surface area contributed by atoms with Crippen molar-refractivity contribution in [1.82, 2.24) is 19.5 Å². The SMILES string of the molecule is Cc1ncsc1CN(C)Cc1nnsc1Cl. The molecule has 2 aromatic rings. The Bertz CT molecular complexity index is 425. The lowest BCUT2D eigenvalue weighted by Crippen LogP contribution is -2.17. The Kier molecular flexibility index (Phi) is 3.86. The van der Waals surface area contributed by atoms with Gasteiger partial charge in [0.15, 0.2) is 0 Å². The molecule has 0 spiro atoms. The average Bonchev–Trinajstić information content (AvgIpc) is 2.79. The van der Waals surface area contributed by atoms with Gasteiger partial charge in [0.05, 0.1) is 11.2 Å². The van der Waals surface area contributed by atoms with Gasteiger partial charge in [0.2, 0.25) is 0 Å². The third-order valence-corrected chi connectivity index (χ3v) is 4.09. The van der Waals surface area contributed by atoms with Crippen molar-refractivity contribution in [1.29, 1.82) is 0 Å². The van der Waals surface area contributed by atoms with Crippen LogP contribution in [0.15, 0.2) is 5.51 Å². The van der Waals surface area contributed by atoms with E-state index in [4.69, 9.17) is 11.6 Å². The van der Waals surface area contributed by atoms with E-state index in [2.05, 4.69) is 19.5 Å². The molecule has 0 amide bonds. The molecule has 0 fully saturated rings. The summed E-state index contributed by atoms with van der Waals surface area (Å²) in [5.41, 5.74) is 3.81.